The summed E-state index contributed by atoms with van der Waals surface area (Å²) in [6.45, 7) is 0. The van der Waals surface area contributed by atoms with Crippen LogP contribution in [0.5, 0.6) is 0 Å². The van der Waals surface area contributed by atoms with E-state index in [2.05, 4.69) is 32.6 Å². The van der Waals surface area contributed by atoms with Gasteiger partial charge in [0.25, 0.3) is 0 Å². The van der Waals surface area contributed by atoms with Crippen molar-refractivity contribution in [1.29, 1.82) is 0 Å². The molecule has 2 heterocycles. The first kappa shape index (κ1) is 15.2. The van der Waals surface area contributed by atoms with E-state index in [1.165, 1.54) is 0 Å². The molecule has 4 nitrogen and oxygen atoms in total. The molecule has 0 saturated heterocycles. The minimum atomic E-state index is 0.644. The predicted octanol–water partition coefficient (Wildman–Crippen LogP) is 5.40. The summed E-state index contributed by atoms with van der Waals surface area (Å²) in [7, 11) is 0. The van der Waals surface area contributed by atoms with E-state index in [9.17, 15) is 0 Å². The summed E-state index contributed by atoms with van der Waals surface area (Å²) < 4.78 is 3.10. The lowest BCUT2D eigenvalue weighted by atomic mass is 10.2. The number of nitrogens with zero attached hydrogens (tertiary/aromatic N) is 4. The van der Waals surface area contributed by atoms with Gasteiger partial charge in [0.05, 0.1) is 11.0 Å². The number of fused-ring (bicyclic) bond motifs is 2. The molecular weight excluding hydrogens is 388 g/mol. The van der Waals surface area contributed by atoms with Gasteiger partial charge in [0.1, 0.15) is 5.82 Å². The van der Waals surface area contributed by atoms with Crippen molar-refractivity contribution in [2.75, 3.05) is 0 Å². The first-order valence-corrected chi connectivity index (χ1v) is 9.05. The topological polar surface area (TPSA) is 43.6 Å². The molecule has 5 heteroatoms. The van der Waals surface area contributed by atoms with Gasteiger partial charge in [0, 0.05) is 15.7 Å². The van der Waals surface area contributed by atoms with Crippen molar-refractivity contribution in [3.8, 4) is 17.1 Å². The van der Waals surface area contributed by atoms with Crippen molar-refractivity contribution in [2.24, 2.45) is 0 Å². The standard InChI is InChI=1S/C21H13BrN4/c22-15-12-10-14(11-13-15)20-25-19-21(26(20)16-6-2-1-3-7-16)24-18-9-5-4-8-17(18)23-19/h1-13H. The van der Waals surface area contributed by atoms with Crippen molar-refractivity contribution in [3.63, 3.8) is 0 Å². The maximum Gasteiger partial charge on any atom is 0.199 e. The molecule has 3 aromatic carbocycles. The number of halogens is 1. The van der Waals surface area contributed by atoms with Gasteiger partial charge < -0.3 is 0 Å². The molecule has 124 valence electrons. The Morgan fingerprint density at radius 2 is 1.31 bits per heavy atom. The fraction of sp³-hybridized carbons (Fsp3) is 0. The maximum absolute atomic E-state index is 4.85. The van der Waals surface area contributed by atoms with E-state index in [0.717, 1.165) is 38.2 Å². The maximum atomic E-state index is 4.85. The minimum Gasteiger partial charge on any atom is -0.275 e. The zero-order valence-electron chi connectivity index (χ0n) is 13.7. The Morgan fingerprint density at radius 3 is 2.04 bits per heavy atom. The summed E-state index contributed by atoms with van der Waals surface area (Å²) in [6.07, 6.45) is 0. The molecular formula is C21H13BrN4. The first-order valence-electron chi connectivity index (χ1n) is 8.26. The highest BCUT2D eigenvalue weighted by molar-refractivity contribution is 9.10. The number of aromatic nitrogens is 4. The van der Waals surface area contributed by atoms with E-state index in [1.54, 1.807) is 0 Å². The van der Waals surface area contributed by atoms with E-state index >= 15 is 0 Å². The third-order valence-corrected chi connectivity index (χ3v) is 4.82. The van der Waals surface area contributed by atoms with Gasteiger partial charge in [-0.25, -0.2) is 15.0 Å². The van der Waals surface area contributed by atoms with Gasteiger partial charge in [-0.1, -0.05) is 58.4 Å². The van der Waals surface area contributed by atoms with Crippen molar-refractivity contribution in [3.05, 3.63) is 83.3 Å². The van der Waals surface area contributed by atoms with Gasteiger partial charge in [-0.05, 0) is 36.4 Å². The Balaban J connectivity index is 1.88. The lowest BCUT2D eigenvalue weighted by Gasteiger charge is -2.09. The Labute approximate surface area is 158 Å². The Morgan fingerprint density at radius 1 is 0.654 bits per heavy atom. The molecule has 5 aromatic rings. The van der Waals surface area contributed by atoms with E-state index in [1.807, 2.05) is 66.7 Å². The average molecular weight is 401 g/mol. The average Bonchev–Trinajstić information content (AvgIpc) is 3.05. The first-order chi connectivity index (χ1) is 12.8. The summed E-state index contributed by atoms with van der Waals surface area (Å²) in [4.78, 5) is 14.4. The highest BCUT2D eigenvalue weighted by Gasteiger charge is 2.17. The van der Waals surface area contributed by atoms with Crippen LogP contribution in [0.2, 0.25) is 0 Å². The number of rotatable bonds is 2. The molecule has 0 atom stereocenters. The molecule has 2 aromatic heterocycles. The predicted molar refractivity (Wildman–Crippen MR) is 107 cm³/mol. The Bertz CT molecular complexity index is 1230. The third kappa shape index (κ3) is 2.48. The van der Waals surface area contributed by atoms with Gasteiger partial charge in [-0.15, -0.1) is 0 Å². The molecule has 0 bridgehead atoms. The molecule has 0 amide bonds. The fourth-order valence-corrected chi connectivity index (χ4v) is 3.34. The van der Waals surface area contributed by atoms with Crippen LogP contribution in [-0.2, 0) is 0 Å². The van der Waals surface area contributed by atoms with E-state index in [0.29, 0.717) is 5.65 Å². The van der Waals surface area contributed by atoms with Crippen LogP contribution in [0.25, 0.3) is 39.4 Å². The second kappa shape index (κ2) is 6.04. The van der Waals surface area contributed by atoms with Crippen LogP contribution < -0.4 is 0 Å². The van der Waals surface area contributed by atoms with Gasteiger partial charge in [-0.3, -0.25) is 4.57 Å². The van der Waals surface area contributed by atoms with Crippen LogP contribution in [0.4, 0.5) is 0 Å². The summed E-state index contributed by atoms with van der Waals surface area (Å²) in [6, 6.07) is 26.1. The second-order valence-electron chi connectivity index (χ2n) is 5.97. The van der Waals surface area contributed by atoms with Crippen LogP contribution in [-0.4, -0.2) is 19.5 Å². The number of hydrogen-bond donors (Lipinski definition) is 0. The second-order valence-corrected chi connectivity index (χ2v) is 6.89. The molecule has 0 radical (unpaired) electrons. The zero-order valence-corrected chi connectivity index (χ0v) is 15.3. The molecule has 0 aliphatic heterocycles. The fourth-order valence-electron chi connectivity index (χ4n) is 3.07. The lowest BCUT2D eigenvalue weighted by molar-refractivity contribution is 1.08. The molecule has 0 unspecified atom stereocenters. The normalized spacial score (nSPS) is 11.3. The zero-order chi connectivity index (χ0) is 17.5. The molecule has 0 aliphatic carbocycles. The largest absolute Gasteiger partial charge is 0.275 e. The quantitative estimate of drug-likeness (QED) is 0.398. The van der Waals surface area contributed by atoms with Crippen LogP contribution in [0.1, 0.15) is 0 Å². The van der Waals surface area contributed by atoms with Gasteiger partial charge in [0.15, 0.2) is 11.3 Å². The number of para-hydroxylation sites is 3. The van der Waals surface area contributed by atoms with Crippen LogP contribution in [0.15, 0.2) is 83.3 Å². The van der Waals surface area contributed by atoms with Crippen LogP contribution >= 0.6 is 15.9 Å². The smallest absolute Gasteiger partial charge is 0.199 e. The van der Waals surface area contributed by atoms with E-state index in [4.69, 9.17) is 15.0 Å². The number of benzene rings is 3. The van der Waals surface area contributed by atoms with E-state index in [-0.39, 0.29) is 0 Å². The SMILES string of the molecule is Brc1ccc(-c2nc3nc4ccccc4nc3n2-c2ccccc2)cc1. The van der Waals surface area contributed by atoms with Gasteiger partial charge in [0.2, 0.25) is 0 Å². The Hall–Kier alpha value is -3.05. The minimum absolute atomic E-state index is 0.644. The molecule has 0 spiro atoms. The molecule has 5 rings (SSSR count). The number of hydrogen-bond acceptors (Lipinski definition) is 3. The lowest BCUT2D eigenvalue weighted by Crippen LogP contribution is -1.99. The highest BCUT2D eigenvalue weighted by Crippen LogP contribution is 2.28. The van der Waals surface area contributed by atoms with Crippen molar-refractivity contribution >= 4 is 38.3 Å². The van der Waals surface area contributed by atoms with Gasteiger partial charge in [-0.2, -0.15) is 0 Å². The van der Waals surface area contributed by atoms with Gasteiger partial charge >= 0.3 is 0 Å². The van der Waals surface area contributed by atoms with Crippen molar-refractivity contribution in [1.82, 2.24) is 19.5 Å². The monoisotopic (exact) mass is 400 g/mol. The molecule has 26 heavy (non-hydrogen) atoms. The Kier molecular flexibility index (Phi) is 3.53. The van der Waals surface area contributed by atoms with E-state index < -0.39 is 0 Å². The molecule has 0 N–H and O–H groups in total. The van der Waals surface area contributed by atoms with Crippen molar-refractivity contribution in [2.45, 2.75) is 0 Å². The summed E-state index contributed by atoms with van der Waals surface area (Å²) in [5, 5.41) is 0. The molecule has 0 fully saturated rings. The molecule has 0 aliphatic rings. The third-order valence-electron chi connectivity index (χ3n) is 4.29. The summed E-state index contributed by atoms with van der Waals surface area (Å²) in [5.74, 6) is 0.828. The van der Waals surface area contributed by atoms with Crippen LogP contribution in [0, 0.1) is 0 Å². The summed E-state index contributed by atoms with van der Waals surface area (Å²) >= 11 is 3.49. The van der Waals surface area contributed by atoms with Crippen LogP contribution in [0.3, 0.4) is 0 Å². The van der Waals surface area contributed by atoms with Crippen molar-refractivity contribution < 1.29 is 0 Å². The highest BCUT2D eigenvalue weighted by atomic mass is 79.9. The summed E-state index contributed by atoms with van der Waals surface area (Å²) in [5.41, 5.74) is 5.14. The number of imidazole rings is 1. The molecule has 0 saturated carbocycles.